The summed E-state index contributed by atoms with van der Waals surface area (Å²) < 4.78 is 0. The highest BCUT2D eigenvalue weighted by atomic mass is 16.3. The van der Waals surface area contributed by atoms with Gasteiger partial charge in [0.2, 0.25) is 0 Å². The summed E-state index contributed by atoms with van der Waals surface area (Å²) in [6.45, 7) is 5.01. The molecule has 2 atom stereocenters. The third kappa shape index (κ3) is 4.94. The highest BCUT2D eigenvalue weighted by molar-refractivity contribution is 5.74. The summed E-state index contributed by atoms with van der Waals surface area (Å²) in [7, 11) is 0. The van der Waals surface area contributed by atoms with Crippen LogP contribution in [0.1, 0.15) is 46.0 Å². The molecule has 3 N–H and O–H groups in total. The van der Waals surface area contributed by atoms with Crippen LogP contribution in [-0.2, 0) is 0 Å². The third-order valence-electron chi connectivity index (χ3n) is 3.88. The number of carbonyl (C=O) groups is 1. The SMILES string of the molecule is CCC(CCO)CNC(=O)NC(C)C1CCC1. The van der Waals surface area contributed by atoms with E-state index in [9.17, 15) is 4.79 Å². The molecule has 4 heteroatoms. The molecule has 1 fully saturated rings. The summed E-state index contributed by atoms with van der Waals surface area (Å²) in [5, 5.41) is 14.7. The minimum Gasteiger partial charge on any atom is -0.396 e. The van der Waals surface area contributed by atoms with Crippen LogP contribution in [0.5, 0.6) is 0 Å². The first-order valence-electron chi connectivity index (χ1n) is 6.82. The molecule has 100 valence electrons. The summed E-state index contributed by atoms with van der Waals surface area (Å²) in [6.07, 6.45) is 5.52. The Morgan fingerprint density at radius 1 is 1.47 bits per heavy atom. The third-order valence-corrected chi connectivity index (χ3v) is 3.88. The molecule has 0 aromatic carbocycles. The van der Waals surface area contributed by atoms with E-state index in [1.54, 1.807) is 0 Å². The lowest BCUT2D eigenvalue weighted by Gasteiger charge is -2.32. The second-order valence-corrected chi connectivity index (χ2v) is 5.12. The molecule has 0 radical (unpaired) electrons. The van der Waals surface area contributed by atoms with E-state index in [1.165, 1.54) is 19.3 Å². The molecule has 0 aliphatic heterocycles. The van der Waals surface area contributed by atoms with Gasteiger partial charge in [0.1, 0.15) is 0 Å². The predicted molar refractivity (Wildman–Crippen MR) is 68.8 cm³/mol. The van der Waals surface area contributed by atoms with E-state index in [0.29, 0.717) is 18.4 Å². The molecule has 1 aliphatic carbocycles. The quantitative estimate of drug-likeness (QED) is 0.638. The standard InChI is InChI=1S/C13H26N2O2/c1-3-11(7-8-16)9-14-13(17)15-10(2)12-5-4-6-12/h10-12,16H,3-9H2,1-2H3,(H2,14,15,17). The van der Waals surface area contributed by atoms with Crippen LogP contribution in [0.2, 0.25) is 0 Å². The maximum atomic E-state index is 11.6. The van der Waals surface area contributed by atoms with Gasteiger partial charge in [0.05, 0.1) is 0 Å². The van der Waals surface area contributed by atoms with Crippen LogP contribution in [0.4, 0.5) is 4.79 Å². The first kappa shape index (κ1) is 14.3. The molecular weight excluding hydrogens is 216 g/mol. The van der Waals surface area contributed by atoms with Crippen LogP contribution in [0.15, 0.2) is 0 Å². The normalized spacial score (nSPS) is 19.2. The van der Waals surface area contributed by atoms with E-state index in [2.05, 4.69) is 24.5 Å². The zero-order chi connectivity index (χ0) is 12.7. The van der Waals surface area contributed by atoms with Gasteiger partial charge < -0.3 is 15.7 Å². The predicted octanol–water partition coefficient (Wildman–Crippen LogP) is 1.88. The van der Waals surface area contributed by atoms with Crippen molar-refractivity contribution in [2.75, 3.05) is 13.2 Å². The minimum atomic E-state index is -0.0687. The zero-order valence-electron chi connectivity index (χ0n) is 11.0. The van der Waals surface area contributed by atoms with Crippen molar-refractivity contribution in [3.8, 4) is 0 Å². The molecule has 17 heavy (non-hydrogen) atoms. The summed E-state index contributed by atoms with van der Waals surface area (Å²) in [6, 6.07) is 0.211. The van der Waals surface area contributed by atoms with E-state index in [4.69, 9.17) is 5.11 Å². The van der Waals surface area contributed by atoms with E-state index >= 15 is 0 Å². The van der Waals surface area contributed by atoms with Crippen molar-refractivity contribution >= 4 is 6.03 Å². The molecule has 0 saturated heterocycles. The van der Waals surface area contributed by atoms with Crippen molar-refractivity contribution in [1.82, 2.24) is 10.6 Å². The fraction of sp³-hybridized carbons (Fsp3) is 0.923. The second-order valence-electron chi connectivity index (χ2n) is 5.12. The Morgan fingerprint density at radius 3 is 2.65 bits per heavy atom. The summed E-state index contributed by atoms with van der Waals surface area (Å²) in [5.41, 5.74) is 0. The Morgan fingerprint density at radius 2 is 2.18 bits per heavy atom. The lowest BCUT2D eigenvalue weighted by molar-refractivity contribution is 0.209. The Labute approximate surface area is 104 Å². The molecule has 0 heterocycles. The van der Waals surface area contributed by atoms with Crippen molar-refractivity contribution in [2.45, 2.75) is 52.0 Å². The molecule has 2 unspecified atom stereocenters. The molecule has 0 spiro atoms. The van der Waals surface area contributed by atoms with E-state index in [-0.39, 0.29) is 18.7 Å². The van der Waals surface area contributed by atoms with Gasteiger partial charge in [0.15, 0.2) is 0 Å². The number of hydrogen-bond acceptors (Lipinski definition) is 2. The van der Waals surface area contributed by atoms with Crippen LogP contribution >= 0.6 is 0 Å². The fourth-order valence-electron chi connectivity index (χ4n) is 2.19. The maximum Gasteiger partial charge on any atom is 0.315 e. The molecule has 0 bridgehead atoms. The molecular formula is C13H26N2O2. The zero-order valence-corrected chi connectivity index (χ0v) is 11.0. The molecule has 0 aromatic heterocycles. The number of carbonyl (C=O) groups excluding carboxylic acids is 1. The number of nitrogens with one attached hydrogen (secondary N) is 2. The summed E-state index contributed by atoms with van der Waals surface area (Å²) in [5.74, 6) is 1.05. The van der Waals surface area contributed by atoms with Gasteiger partial charge in [-0.1, -0.05) is 19.8 Å². The van der Waals surface area contributed by atoms with Crippen LogP contribution < -0.4 is 10.6 Å². The first-order valence-corrected chi connectivity index (χ1v) is 6.82. The summed E-state index contributed by atoms with van der Waals surface area (Å²) >= 11 is 0. The number of amides is 2. The Hall–Kier alpha value is -0.770. The van der Waals surface area contributed by atoms with Gasteiger partial charge in [-0.25, -0.2) is 4.79 Å². The Bertz CT molecular complexity index is 229. The van der Waals surface area contributed by atoms with E-state index in [0.717, 1.165) is 12.8 Å². The average molecular weight is 242 g/mol. The molecule has 1 rings (SSSR count). The van der Waals surface area contributed by atoms with Crippen molar-refractivity contribution in [3.05, 3.63) is 0 Å². The monoisotopic (exact) mass is 242 g/mol. The molecule has 0 aromatic rings. The number of urea groups is 1. The molecule has 1 aliphatic rings. The van der Waals surface area contributed by atoms with Crippen molar-refractivity contribution < 1.29 is 9.90 Å². The van der Waals surface area contributed by atoms with Crippen molar-refractivity contribution in [1.29, 1.82) is 0 Å². The number of aliphatic hydroxyl groups excluding tert-OH is 1. The van der Waals surface area contributed by atoms with Crippen molar-refractivity contribution in [3.63, 3.8) is 0 Å². The van der Waals surface area contributed by atoms with E-state index < -0.39 is 0 Å². The van der Waals surface area contributed by atoms with Gasteiger partial charge in [-0.15, -0.1) is 0 Å². The van der Waals surface area contributed by atoms with Gasteiger partial charge >= 0.3 is 6.03 Å². The number of hydrogen-bond donors (Lipinski definition) is 3. The Kier molecular flexibility index (Phi) is 6.34. The highest BCUT2D eigenvalue weighted by Gasteiger charge is 2.24. The maximum absolute atomic E-state index is 11.6. The van der Waals surface area contributed by atoms with Gasteiger partial charge in [-0.3, -0.25) is 0 Å². The fourth-order valence-corrected chi connectivity index (χ4v) is 2.19. The lowest BCUT2D eigenvalue weighted by Crippen LogP contribution is -2.46. The molecule has 2 amide bonds. The van der Waals surface area contributed by atoms with Crippen LogP contribution in [0.25, 0.3) is 0 Å². The second kappa shape index (κ2) is 7.54. The number of aliphatic hydroxyl groups is 1. The molecule has 4 nitrogen and oxygen atoms in total. The van der Waals surface area contributed by atoms with Crippen molar-refractivity contribution in [2.24, 2.45) is 11.8 Å². The molecule has 1 saturated carbocycles. The van der Waals surface area contributed by atoms with Gasteiger partial charge in [-0.2, -0.15) is 0 Å². The van der Waals surface area contributed by atoms with Crippen LogP contribution in [0.3, 0.4) is 0 Å². The average Bonchev–Trinajstić information content (AvgIpc) is 2.21. The van der Waals surface area contributed by atoms with Crippen LogP contribution in [0, 0.1) is 11.8 Å². The van der Waals surface area contributed by atoms with Crippen LogP contribution in [-0.4, -0.2) is 30.3 Å². The summed E-state index contributed by atoms with van der Waals surface area (Å²) in [4.78, 5) is 11.6. The lowest BCUT2D eigenvalue weighted by atomic mass is 9.80. The first-order chi connectivity index (χ1) is 8.17. The van der Waals surface area contributed by atoms with Gasteiger partial charge in [0, 0.05) is 19.2 Å². The Balaban J connectivity index is 2.14. The van der Waals surface area contributed by atoms with Gasteiger partial charge in [0.25, 0.3) is 0 Å². The highest BCUT2D eigenvalue weighted by Crippen LogP contribution is 2.29. The number of rotatable bonds is 7. The topological polar surface area (TPSA) is 61.4 Å². The smallest absolute Gasteiger partial charge is 0.315 e. The van der Waals surface area contributed by atoms with E-state index in [1.807, 2.05) is 0 Å². The minimum absolute atomic E-state index is 0.0687. The largest absolute Gasteiger partial charge is 0.396 e. The van der Waals surface area contributed by atoms with Gasteiger partial charge in [-0.05, 0) is 38.0 Å².